The molecule has 1 amide bonds. The molecule has 3 aromatic carbocycles. The molecule has 0 radical (unpaired) electrons. The van der Waals surface area contributed by atoms with Crippen LogP contribution in [0.2, 0.25) is 5.02 Å². The van der Waals surface area contributed by atoms with Gasteiger partial charge < -0.3 is 9.73 Å². The number of carbonyl (C=O) groups is 1. The van der Waals surface area contributed by atoms with Gasteiger partial charge in [-0.2, -0.15) is 0 Å². The van der Waals surface area contributed by atoms with Crippen molar-refractivity contribution in [1.29, 1.82) is 0 Å². The standard InChI is InChI=1S/C23H16ClFN2O2/c24-20-8-4-1-5-16(20)13-26-22(28)18-6-2-3-7-19(18)23-27-14-21(29-23)15-9-11-17(25)12-10-15/h1-12,14H,13H2,(H,26,28). The minimum absolute atomic E-state index is 0.262. The fourth-order valence-electron chi connectivity index (χ4n) is 2.93. The van der Waals surface area contributed by atoms with Crippen molar-refractivity contribution in [2.24, 2.45) is 0 Å². The van der Waals surface area contributed by atoms with Gasteiger partial charge in [0.15, 0.2) is 5.76 Å². The SMILES string of the molecule is O=C(NCc1ccccc1Cl)c1ccccc1-c1ncc(-c2ccc(F)cc2)o1. The Morgan fingerprint density at radius 3 is 2.52 bits per heavy atom. The van der Waals surface area contributed by atoms with E-state index < -0.39 is 0 Å². The van der Waals surface area contributed by atoms with Gasteiger partial charge in [0.2, 0.25) is 5.89 Å². The summed E-state index contributed by atoms with van der Waals surface area (Å²) >= 11 is 6.15. The Kier molecular flexibility index (Phi) is 5.40. The van der Waals surface area contributed by atoms with Gasteiger partial charge in [-0.3, -0.25) is 4.79 Å². The maximum atomic E-state index is 13.1. The highest BCUT2D eigenvalue weighted by molar-refractivity contribution is 6.31. The molecule has 0 saturated heterocycles. The largest absolute Gasteiger partial charge is 0.436 e. The third-order valence-corrected chi connectivity index (χ3v) is 4.80. The van der Waals surface area contributed by atoms with Gasteiger partial charge >= 0.3 is 0 Å². The van der Waals surface area contributed by atoms with E-state index in [0.717, 1.165) is 5.56 Å². The fraction of sp³-hybridized carbons (Fsp3) is 0.0435. The molecule has 0 atom stereocenters. The normalized spacial score (nSPS) is 10.7. The zero-order valence-electron chi connectivity index (χ0n) is 15.2. The third kappa shape index (κ3) is 4.20. The monoisotopic (exact) mass is 406 g/mol. The Labute approximate surface area is 172 Å². The molecule has 0 fully saturated rings. The van der Waals surface area contributed by atoms with Crippen LogP contribution < -0.4 is 5.32 Å². The van der Waals surface area contributed by atoms with Crippen LogP contribution in [0.5, 0.6) is 0 Å². The van der Waals surface area contributed by atoms with E-state index in [1.165, 1.54) is 12.1 Å². The molecule has 0 saturated carbocycles. The highest BCUT2D eigenvalue weighted by Gasteiger charge is 2.17. The van der Waals surface area contributed by atoms with Crippen LogP contribution in [-0.4, -0.2) is 10.9 Å². The molecule has 1 N–H and O–H groups in total. The van der Waals surface area contributed by atoms with Crippen LogP contribution in [0.15, 0.2) is 83.4 Å². The molecule has 6 heteroatoms. The number of nitrogens with one attached hydrogen (secondary N) is 1. The van der Waals surface area contributed by atoms with Gasteiger partial charge in [-0.15, -0.1) is 0 Å². The summed E-state index contributed by atoms with van der Waals surface area (Å²) in [4.78, 5) is 17.1. The van der Waals surface area contributed by atoms with Gasteiger partial charge in [0.1, 0.15) is 5.82 Å². The molecule has 4 nitrogen and oxygen atoms in total. The highest BCUT2D eigenvalue weighted by Crippen LogP contribution is 2.28. The number of halogens is 2. The molecular formula is C23H16ClFN2O2. The van der Waals surface area contributed by atoms with Crippen molar-refractivity contribution < 1.29 is 13.6 Å². The molecule has 144 valence electrons. The number of amides is 1. The van der Waals surface area contributed by atoms with Gasteiger partial charge in [0.05, 0.1) is 11.8 Å². The molecule has 29 heavy (non-hydrogen) atoms. The van der Waals surface area contributed by atoms with E-state index in [0.29, 0.717) is 39.9 Å². The average Bonchev–Trinajstić information content (AvgIpc) is 3.23. The summed E-state index contributed by atoms with van der Waals surface area (Å²) in [6.45, 7) is 0.305. The van der Waals surface area contributed by atoms with Crippen molar-refractivity contribution in [3.63, 3.8) is 0 Å². The maximum absolute atomic E-state index is 13.1. The number of nitrogens with zero attached hydrogens (tertiary/aromatic N) is 1. The molecule has 1 heterocycles. The second kappa shape index (κ2) is 8.29. The average molecular weight is 407 g/mol. The molecule has 0 aliphatic carbocycles. The van der Waals surface area contributed by atoms with Crippen LogP contribution in [0.25, 0.3) is 22.8 Å². The summed E-state index contributed by atoms with van der Waals surface area (Å²) in [6, 6.07) is 20.3. The lowest BCUT2D eigenvalue weighted by Gasteiger charge is -2.09. The predicted octanol–water partition coefficient (Wildman–Crippen LogP) is 5.73. The first kappa shape index (κ1) is 18.9. The van der Waals surface area contributed by atoms with Crippen LogP contribution in [0, 0.1) is 5.82 Å². The number of hydrogen-bond donors (Lipinski definition) is 1. The van der Waals surface area contributed by atoms with E-state index >= 15 is 0 Å². The molecule has 0 spiro atoms. The summed E-state index contributed by atoms with van der Waals surface area (Å²) in [5.41, 5.74) is 2.53. The van der Waals surface area contributed by atoms with Crippen LogP contribution in [0.4, 0.5) is 4.39 Å². The van der Waals surface area contributed by atoms with Gasteiger partial charge in [0, 0.05) is 22.7 Å². The zero-order valence-corrected chi connectivity index (χ0v) is 16.0. The topological polar surface area (TPSA) is 55.1 Å². The third-order valence-electron chi connectivity index (χ3n) is 4.43. The second-order valence-corrected chi connectivity index (χ2v) is 6.76. The lowest BCUT2D eigenvalue weighted by Crippen LogP contribution is -2.23. The first-order chi connectivity index (χ1) is 14.1. The van der Waals surface area contributed by atoms with E-state index in [1.807, 2.05) is 24.3 Å². The Hall–Kier alpha value is -3.44. The van der Waals surface area contributed by atoms with Crippen molar-refractivity contribution in [3.05, 3.63) is 101 Å². The molecule has 4 aromatic rings. The number of carbonyl (C=O) groups excluding carboxylic acids is 1. The molecular weight excluding hydrogens is 391 g/mol. The summed E-state index contributed by atoms with van der Waals surface area (Å²) in [6.07, 6.45) is 1.56. The number of oxazole rings is 1. The number of hydrogen-bond acceptors (Lipinski definition) is 3. The summed E-state index contributed by atoms with van der Waals surface area (Å²) < 4.78 is 19.0. The van der Waals surface area contributed by atoms with Gasteiger partial charge in [-0.25, -0.2) is 9.37 Å². The Morgan fingerprint density at radius 1 is 1.00 bits per heavy atom. The van der Waals surface area contributed by atoms with Crippen molar-refractivity contribution in [3.8, 4) is 22.8 Å². The van der Waals surface area contributed by atoms with Crippen molar-refractivity contribution in [1.82, 2.24) is 10.3 Å². The molecule has 0 aliphatic rings. The lowest BCUT2D eigenvalue weighted by atomic mass is 10.1. The predicted molar refractivity (Wildman–Crippen MR) is 110 cm³/mol. The molecule has 1 aromatic heterocycles. The summed E-state index contributed by atoms with van der Waals surface area (Å²) in [5.74, 6) is 0.218. The Balaban J connectivity index is 1.58. The van der Waals surface area contributed by atoms with Gasteiger partial charge in [0.25, 0.3) is 5.91 Å². The summed E-state index contributed by atoms with van der Waals surface area (Å²) in [7, 11) is 0. The molecule has 4 rings (SSSR count). The van der Waals surface area contributed by atoms with E-state index in [9.17, 15) is 9.18 Å². The first-order valence-corrected chi connectivity index (χ1v) is 9.32. The number of aromatic nitrogens is 1. The van der Waals surface area contributed by atoms with E-state index in [-0.39, 0.29) is 11.7 Å². The first-order valence-electron chi connectivity index (χ1n) is 8.94. The Morgan fingerprint density at radius 2 is 1.72 bits per heavy atom. The summed E-state index contributed by atoms with van der Waals surface area (Å²) in [5, 5.41) is 3.47. The van der Waals surface area contributed by atoms with E-state index in [1.54, 1.807) is 42.6 Å². The molecule has 0 bridgehead atoms. The number of benzene rings is 3. The van der Waals surface area contributed by atoms with Gasteiger partial charge in [-0.05, 0) is 48.0 Å². The Bertz CT molecular complexity index is 1160. The van der Waals surface area contributed by atoms with Crippen molar-refractivity contribution in [2.45, 2.75) is 6.54 Å². The quantitative estimate of drug-likeness (QED) is 0.460. The zero-order chi connectivity index (χ0) is 20.2. The highest BCUT2D eigenvalue weighted by atomic mass is 35.5. The minimum Gasteiger partial charge on any atom is -0.436 e. The number of rotatable bonds is 5. The van der Waals surface area contributed by atoms with Crippen molar-refractivity contribution in [2.75, 3.05) is 0 Å². The van der Waals surface area contributed by atoms with Crippen LogP contribution in [0.3, 0.4) is 0 Å². The molecule has 0 unspecified atom stereocenters. The van der Waals surface area contributed by atoms with Crippen LogP contribution >= 0.6 is 11.6 Å². The smallest absolute Gasteiger partial charge is 0.252 e. The van der Waals surface area contributed by atoms with E-state index in [2.05, 4.69) is 10.3 Å². The van der Waals surface area contributed by atoms with Gasteiger partial charge in [-0.1, -0.05) is 41.9 Å². The lowest BCUT2D eigenvalue weighted by molar-refractivity contribution is 0.0951. The van der Waals surface area contributed by atoms with Crippen molar-refractivity contribution >= 4 is 17.5 Å². The van der Waals surface area contributed by atoms with Crippen LogP contribution in [-0.2, 0) is 6.54 Å². The minimum atomic E-state index is -0.325. The fourth-order valence-corrected chi connectivity index (χ4v) is 3.13. The van der Waals surface area contributed by atoms with E-state index in [4.69, 9.17) is 16.0 Å². The maximum Gasteiger partial charge on any atom is 0.252 e. The van der Waals surface area contributed by atoms with Crippen LogP contribution in [0.1, 0.15) is 15.9 Å². The molecule has 0 aliphatic heterocycles. The second-order valence-electron chi connectivity index (χ2n) is 6.36.